The van der Waals surface area contributed by atoms with Crippen molar-refractivity contribution in [3.05, 3.63) is 120 Å². The molecule has 5 nitrogen and oxygen atoms in total. The molecular weight excluding hydrogens is 426 g/mol. The van der Waals surface area contributed by atoms with Crippen LogP contribution >= 0.6 is 0 Å². The molecule has 4 aromatic rings. The molecule has 0 unspecified atom stereocenters. The highest BCUT2D eigenvalue weighted by atomic mass is 16.5. The van der Waals surface area contributed by atoms with Crippen LogP contribution in [0.4, 0.5) is 5.69 Å². The molecule has 0 fully saturated rings. The Hall–Kier alpha value is -4.25. The van der Waals surface area contributed by atoms with Crippen molar-refractivity contribution in [2.24, 2.45) is 0 Å². The molecule has 34 heavy (non-hydrogen) atoms. The Morgan fingerprint density at radius 1 is 0.559 bits per heavy atom. The standard InChI is InChI=1S/C29H27NO4/c31-29(24-11-15-27(16-12-24)32-20-19-23-7-3-1-4-8-23)30-25-13-17-28(18-14-25)34-22-21-33-26-9-5-2-6-10-26/h1-18H,19-22H2,(H,30,31). The summed E-state index contributed by atoms with van der Waals surface area (Å²) < 4.78 is 17.1. The van der Waals surface area contributed by atoms with Gasteiger partial charge < -0.3 is 19.5 Å². The third kappa shape index (κ3) is 7.14. The van der Waals surface area contributed by atoms with Crippen molar-refractivity contribution in [1.29, 1.82) is 0 Å². The van der Waals surface area contributed by atoms with Crippen LogP contribution in [0.15, 0.2) is 109 Å². The van der Waals surface area contributed by atoms with Gasteiger partial charge in [0.2, 0.25) is 0 Å². The Morgan fingerprint density at radius 2 is 1.06 bits per heavy atom. The second-order valence-electron chi connectivity index (χ2n) is 7.60. The van der Waals surface area contributed by atoms with E-state index in [2.05, 4.69) is 17.4 Å². The van der Waals surface area contributed by atoms with Crippen LogP contribution < -0.4 is 19.5 Å². The number of amides is 1. The number of nitrogens with one attached hydrogen (secondary N) is 1. The summed E-state index contributed by atoms with van der Waals surface area (Å²) in [4.78, 5) is 12.6. The summed E-state index contributed by atoms with van der Waals surface area (Å²) in [6, 6.07) is 34.2. The molecule has 0 aliphatic rings. The average molecular weight is 454 g/mol. The van der Waals surface area contributed by atoms with Crippen molar-refractivity contribution in [1.82, 2.24) is 0 Å². The molecule has 4 rings (SSSR count). The number of benzene rings is 4. The molecule has 0 radical (unpaired) electrons. The molecule has 5 heteroatoms. The van der Waals surface area contributed by atoms with Gasteiger partial charge in [0.25, 0.3) is 5.91 Å². The van der Waals surface area contributed by atoms with Crippen LogP contribution in [0, 0.1) is 0 Å². The number of hydrogen-bond acceptors (Lipinski definition) is 4. The highest BCUT2D eigenvalue weighted by Gasteiger charge is 2.07. The second kappa shape index (κ2) is 12.1. The van der Waals surface area contributed by atoms with E-state index in [1.807, 2.05) is 84.9 Å². The second-order valence-corrected chi connectivity index (χ2v) is 7.60. The van der Waals surface area contributed by atoms with E-state index in [1.165, 1.54) is 5.56 Å². The Labute approximate surface area is 199 Å². The molecule has 0 aliphatic carbocycles. The Kier molecular flexibility index (Phi) is 8.17. The van der Waals surface area contributed by atoms with Crippen molar-refractivity contribution < 1.29 is 19.0 Å². The number of rotatable bonds is 11. The molecule has 4 aromatic carbocycles. The van der Waals surface area contributed by atoms with Crippen LogP contribution in [0.5, 0.6) is 17.2 Å². The molecule has 0 saturated carbocycles. The van der Waals surface area contributed by atoms with Crippen molar-refractivity contribution >= 4 is 11.6 Å². The number of carbonyl (C=O) groups is 1. The van der Waals surface area contributed by atoms with Crippen LogP contribution in [0.25, 0.3) is 0 Å². The molecular formula is C29H27NO4. The lowest BCUT2D eigenvalue weighted by molar-refractivity contribution is 0.102. The molecule has 0 spiro atoms. The third-order valence-corrected chi connectivity index (χ3v) is 5.09. The molecule has 0 bridgehead atoms. The lowest BCUT2D eigenvalue weighted by Gasteiger charge is -2.10. The summed E-state index contributed by atoms with van der Waals surface area (Å²) in [7, 11) is 0. The number of para-hydroxylation sites is 1. The summed E-state index contributed by atoms with van der Waals surface area (Å²) in [6.45, 7) is 1.47. The van der Waals surface area contributed by atoms with Gasteiger partial charge in [-0.25, -0.2) is 0 Å². The summed E-state index contributed by atoms with van der Waals surface area (Å²) in [5, 5.41) is 2.90. The Bertz CT molecular complexity index is 1140. The average Bonchev–Trinajstić information content (AvgIpc) is 2.89. The van der Waals surface area contributed by atoms with E-state index in [4.69, 9.17) is 14.2 Å². The molecule has 172 valence electrons. The van der Waals surface area contributed by atoms with E-state index in [0.29, 0.717) is 36.8 Å². The van der Waals surface area contributed by atoms with Gasteiger partial charge in [0, 0.05) is 17.7 Å². The minimum absolute atomic E-state index is 0.180. The molecule has 1 amide bonds. The predicted molar refractivity (Wildman–Crippen MR) is 134 cm³/mol. The molecule has 0 aliphatic heterocycles. The van der Waals surface area contributed by atoms with Crippen LogP contribution in [0.3, 0.4) is 0 Å². The van der Waals surface area contributed by atoms with Gasteiger partial charge in [0.15, 0.2) is 0 Å². The normalized spacial score (nSPS) is 10.4. The summed E-state index contributed by atoms with van der Waals surface area (Å²) in [5.74, 6) is 2.09. The van der Waals surface area contributed by atoms with Gasteiger partial charge in [-0.05, 0) is 66.2 Å². The molecule has 1 N–H and O–H groups in total. The Morgan fingerprint density at radius 3 is 1.68 bits per heavy atom. The van der Waals surface area contributed by atoms with Crippen molar-refractivity contribution in [2.75, 3.05) is 25.1 Å². The van der Waals surface area contributed by atoms with Gasteiger partial charge in [0.05, 0.1) is 6.61 Å². The molecule has 0 atom stereocenters. The monoisotopic (exact) mass is 453 g/mol. The fraction of sp³-hybridized carbons (Fsp3) is 0.138. The van der Waals surface area contributed by atoms with E-state index >= 15 is 0 Å². The zero-order valence-electron chi connectivity index (χ0n) is 18.9. The van der Waals surface area contributed by atoms with E-state index in [1.54, 1.807) is 12.1 Å². The quantitative estimate of drug-likeness (QED) is 0.282. The topological polar surface area (TPSA) is 56.8 Å². The number of hydrogen-bond donors (Lipinski definition) is 1. The van der Waals surface area contributed by atoms with Crippen molar-refractivity contribution in [3.63, 3.8) is 0 Å². The summed E-state index contributed by atoms with van der Waals surface area (Å²) >= 11 is 0. The smallest absolute Gasteiger partial charge is 0.255 e. The maximum Gasteiger partial charge on any atom is 0.255 e. The highest BCUT2D eigenvalue weighted by Crippen LogP contribution is 2.18. The molecule has 0 aromatic heterocycles. The van der Waals surface area contributed by atoms with Crippen LogP contribution in [-0.2, 0) is 6.42 Å². The first kappa shape index (κ1) is 22.9. The van der Waals surface area contributed by atoms with Gasteiger partial charge in [-0.15, -0.1) is 0 Å². The van der Waals surface area contributed by atoms with Crippen LogP contribution in [0.1, 0.15) is 15.9 Å². The van der Waals surface area contributed by atoms with Gasteiger partial charge in [0.1, 0.15) is 30.5 Å². The van der Waals surface area contributed by atoms with Gasteiger partial charge in [-0.1, -0.05) is 48.5 Å². The lowest BCUT2D eigenvalue weighted by atomic mass is 10.2. The maximum absolute atomic E-state index is 12.6. The van der Waals surface area contributed by atoms with Gasteiger partial charge in [-0.2, -0.15) is 0 Å². The van der Waals surface area contributed by atoms with Crippen molar-refractivity contribution in [2.45, 2.75) is 6.42 Å². The van der Waals surface area contributed by atoms with Crippen LogP contribution in [0.2, 0.25) is 0 Å². The van der Waals surface area contributed by atoms with E-state index in [0.717, 1.165) is 17.9 Å². The summed E-state index contributed by atoms with van der Waals surface area (Å²) in [5.41, 5.74) is 2.49. The zero-order valence-corrected chi connectivity index (χ0v) is 18.9. The number of anilines is 1. The Balaban J connectivity index is 1.19. The predicted octanol–water partition coefficient (Wildman–Crippen LogP) is 6.02. The lowest BCUT2D eigenvalue weighted by Crippen LogP contribution is -2.12. The number of ether oxygens (including phenoxy) is 3. The zero-order chi connectivity index (χ0) is 23.4. The van der Waals surface area contributed by atoms with E-state index in [-0.39, 0.29) is 5.91 Å². The minimum atomic E-state index is -0.180. The van der Waals surface area contributed by atoms with Gasteiger partial charge >= 0.3 is 0 Å². The SMILES string of the molecule is O=C(Nc1ccc(OCCOc2ccccc2)cc1)c1ccc(OCCc2ccccc2)cc1. The van der Waals surface area contributed by atoms with E-state index in [9.17, 15) is 4.79 Å². The maximum atomic E-state index is 12.6. The van der Waals surface area contributed by atoms with Gasteiger partial charge in [-0.3, -0.25) is 4.79 Å². The first-order valence-corrected chi connectivity index (χ1v) is 11.3. The first-order chi connectivity index (χ1) is 16.8. The first-order valence-electron chi connectivity index (χ1n) is 11.3. The minimum Gasteiger partial charge on any atom is -0.493 e. The summed E-state index contributed by atoms with van der Waals surface area (Å²) in [6.07, 6.45) is 0.836. The van der Waals surface area contributed by atoms with Crippen molar-refractivity contribution in [3.8, 4) is 17.2 Å². The third-order valence-electron chi connectivity index (χ3n) is 5.09. The number of carbonyl (C=O) groups excluding carboxylic acids is 1. The van der Waals surface area contributed by atoms with E-state index < -0.39 is 0 Å². The molecule has 0 saturated heterocycles. The largest absolute Gasteiger partial charge is 0.493 e. The highest BCUT2D eigenvalue weighted by molar-refractivity contribution is 6.04. The fourth-order valence-electron chi connectivity index (χ4n) is 3.31. The molecule has 0 heterocycles. The van der Waals surface area contributed by atoms with Crippen LogP contribution in [-0.4, -0.2) is 25.7 Å². The fourth-order valence-corrected chi connectivity index (χ4v) is 3.31.